The fourth-order valence-corrected chi connectivity index (χ4v) is 6.42. The van der Waals surface area contributed by atoms with Crippen molar-refractivity contribution in [3.05, 3.63) is 81.9 Å². The fraction of sp³-hybridized carbons (Fsp3) is 0.250. The molecule has 1 aliphatic heterocycles. The molecule has 4 rings (SSSR count). The number of carbonyl (C=O) groups excluding carboxylic acids is 1. The highest BCUT2D eigenvalue weighted by Crippen LogP contribution is 2.36. The summed E-state index contributed by atoms with van der Waals surface area (Å²) in [6.45, 7) is 4.68. The fourth-order valence-electron chi connectivity index (χ4n) is 4.08. The second kappa shape index (κ2) is 12.7. The van der Waals surface area contributed by atoms with Gasteiger partial charge in [0.2, 0.25) is 0 Å². The van der Waals surface area contributed by atoms with Crippen molar-refractivity contribution in [3.63, 3.8) is 0 Å². The van der Waals surface area contributed by atoms with Crippen molar-refractivity contribution in [1.29, 1.82) is 0 Å². The van der Waals surface area contributed by atoms with Gasteiger partial charge in [0.05, 0.1) is 40.9 Å². The van der Waals surface area contributed by atoms with Crippen LogP contribution in [-0.2, 0) is 9.53 Å². The van der Waals surface area contributed by atoms with Gasteiger partial charge in [-0.2, -0.15) is 0 Å². The molecule has 3 aromatic rings. The van der Waals surface area contributed by atoms with Gasteiger partial charge in [-0.15, -0.1) is 6.42 Å². The van der Waals surface area contributed by atoms with E-state index in [0.717, 1.165) is 4.47 Å². The maximum Gasteiger partial charge on any atom is 0.337 e. The number of esters is 1. The van der Waals surface area contributed by atoms with Crippen LogP contribution in [0.3, 0.4) is 0 Å². The summed E-state index contributed by atoms with van der Waals surface area (Å²) < 4.78 is 25.6. The summed E-state index contributed by atoms with van der Waals surface area (Å²) in [6, 6.07) is 8.20. The number of ether oxygens (including phenoxy) is 4. The number of rotatable bonds is 9. The maximum atomic E-state index is 13.9. The molecule has 1 aliphatic rings. The first-order chi connectivity index (χ1) is 18.8. The molecule has 8 nitrogen and oxygen atoms in total. The largest absolute Gasteiger partial charge is 0.490 e. The molecule has 2 heterocycles. The van der Waals surface area contributed by atoms with Gasteiger partial charge in [0.1, 0.15) is 12.4 Å². The van der Waals surface area contributed by atoms with Crippen LogP contribution in [-0.4, -0.2) is 37.5 Å². The van der Waals surface area contributed by atoms with Crippen LogP contribution in [0, 0.1) is 12.3 Å². The molecule has 202 valence electrons. The highest BCUT2D eigenvalue weighted by atomic mass is 79.9. The smallest absolute Gasteiger partial charge is 0.337 e. The van der Waals surface area contributed by atoms with E-state index < -0.39 is 12.0 Å². The van der Waals surface area contributed by atoms with Crippen LogP contribution in [0.1, 0.15) is 31.0 Å². The lowest BCUT2D eigenvalue weighted by Gasteiger charge is -2.23. The van der Waals surface area contributed by atoms with Gasteiger partial charge in [0, 0.05) is 16.2 Å². The summed E-state index contributed by atoms with van der Waals surface area (Å²) in [5.41, 5.74) is 1.17. The number of nitrogens with zero attached hydrogens (tertiary/aromatic N) is 2. The predicted molar refractivity (Wildman–Crippen MR) is 156 cm³/mol. The van der Waals surface area contributed by atoms with E-state index in [0.29, 0.717) is 55.4 Å². The van der Waals surface area contributed by atoms with E-state index in [1.807, 2.05) is 26.0 Å². The van der Waals surface area contributed by atoms with E-state index in [2.05, 4.69) is 42.8 Å². The van der Waals surface area contributed by atoms with E-state index >= 15 is 0 Å². The monoisotopic (exact) mass is 674 g/mol. The van der Waals surface area contributed by atoms with Gasteiger partial charge in [-0.3, -0.25) is 9.36 Å². The van der Waals surface area contributed by atoms with E-state index in [1.165, 1.54) is 29.2 Å². The average molecular weight is 676 g/mol. The summed E-state index contributed by atoms with van der Waals surface area (Å²) in [4.78, 5) is 31.5. The lowest BCUT2D eigenvalue weighted by molar-refractivity contribution is -0.136. The molecule has 39 heavy (non-hydrogen) atoms. The number of hydrogen-bond donors (Lipinski definition) is 0. The Morgan fingerprint density at radius 2 is 1.90 bits per heavy atom. The van der Waals surface area contributed by atoms with Crippen LogP contribution < -0.4 is 29.1 Å². The first-order valence-corrected chi connectivity index (χ1v) is 14.3. The molecule has 11 heteroatoms. The van der Waals surface area contributed by atoms with Crippen molar-refractivity contribution in [2.24, 2.45) is 4.99 Å². The molecular formula is C28H24Br2N2O6S. The van der Waals surface area contributed by atoms with Gasteiger partial charge >= 0.3 is 5.97 Å². The number of terminal acetylenes is 1. The number of halogens is 2. The van der Waals surface area contributed by atoms with Gasteiger partial charge in [0.25, 0.3) is 5.56 Å². The molecule has 0 saturated carbocycles. The van der Waals surface area contributed by atoms with E-state index in [-0.39, 0.29) is 17.7 Å². The molecule has 0 amide bonds. The Hall–Kier alpha value is -3.33. The molecule has 0 spiro atoms. The molecule has 0 bridgehead atoms. The molecule has 0 radical (unpaired) electrons. The standard InChI is InChI=1S/C28H24Br2N2O6S/c1-5-10-38-25-17(11-18(29)14-20(25)30)13-23-26(33)32-24(19(27(34)35-4)15-31-28(32)39-23)16-8-9-21(36-6-2)22(12-16)37-7-3/h1,8-9,11-15,24H,6-7,10H2,2-4H3/b23-13+/t24-/m0/s1. The molecule has 1 atom stereocenters. The minimum atomic E-state index is -0.794. The van der Waals surface area contributed by atoms with Crippen molar-refractivity contribution in [2.75, 3.05) is 26.9 Å². The summed E-state index contributed by atoms with van der Waals surface area (Å²) in [7, 11) is 1.29. The molecule has 0 unspecified atom stereocenters. The Bertz CT molecular complexity index is 1670. The number of carbonyl (C=O) groups is 1. The number of fused-ring (bicyclic) bond motifs is 1. The lowest BCUT2D eigenvalue weighted by Crippen LogP contribution is -2.39. The molecule has 0 aliphatic carbocycles. The van der Waals surface area contributed by atoms with Gasteiger partial charge in [0.15, 0.2) is 16.3 Å². The Kier molecular flexibility index (Phi) is 9.32. The zero-order valence-electron chi connectivity index (χ0n) is 21.3. The Morgan fingerprint density at radius 1 is 1.15 bits per heavy atom. The molecule has 0 N–H and O–H groups in total. The highest BCUT2D eigenvalue weighted by Gasteiger charge is 2.31. The third kappa shape index (κ3) is 5.98. The first kappa shape index (κ1) is 28.7. The van der Waals surface area contributed by atoms with Crippen molar-refractivity contribution < 1.29 is 23.7 Å². The quantitative estimate of drug-likeness (QED) is 0.248. The number of aromatic nitrogens is 1. The molecule has 2 aromatic carbocycles. The van der Waals surface area contributed by atoms with E-state index in [1.54, 1.807) is 24.3 Å². The van der Waals surface area contributed by atoms with Gasteiger partial charge in [-0.25, -0.2) is 9.79 Å². The van der Waals surface area contributed by atoms with E-state index in [9.17, 15) is 9.59 Å². The summed E-state index contributed by atoms with van der Waals surface area (Å²) in [6.07, 6.45) is 8.55. The summed E-state index contributed by atoms with van der Waals surface area (Å²) >= 11 is 8.18. The molecule has 1 aromatic heterocycles. The number of hydrogen-bond acceptors (Lipinski definition) is 8. The third-order valence-electron chi connectivity index (χ3n) is 5.63. The highest BCUT2D eigenvalue weighted by molar-refractivity contribution is 9.11. The van der Waals surface area contributed by atoms with Crippen molar-refractivity contribution in [3.8, 4) is 29.6 Å². The van der Waals surface area contributed by atoms with Gasteiger partial charge < -0.3 is 18.9 Å². The number of methoxy groups -OCH3 is 1. The Morgan fingerprint density at radius 3 is 2.59 bits per heavy atom. The van der Waals surface area contributed by atoms with Crippen LogP contribution >= 0.6 is 43.2 Å². The van der Waals surface area contributed by atoms with Crippen LogP contribution in [0.25, 0.3) is 6.08 Å². The normalized spacial score (nSPS) is 14.5. The zero-order valence-corrected chi connectivity index (χ0v) is 25.3. The number of thiazole rings is 1. The first-order valence-electron chi connectivity index (χ1n) is 11.9. The van der Waals surface area contributed by atoms with Gasteiger partial charge in [-0.05, 0) is 65.7 Å². The average Bonchev–Trinajstić information content (AvgIpc) is 3.23. The Labute approximate surface area is 245 Å². The SMILES string of the molecule is C#CCOc1c(Br)cc(Br)cc1/C=c1/sc2n(c1=O)[C@@H](c1ccc(OCC)c(OCC)c1)C(C(=O)OC)=CN=2. The second-order valence-electron chi connectivity index (χ2n) is 8.05. The maximum absolute atomic E-state index is 13.9. The molecular weight excluding hydrogens is 652 g/mol. The zero-order chi connectivity index (χ0) is 28.1. The van der Waals surface area contributed by atoms with Gasteiger partial charge in [-0.1, -0.05) is 39.3 Å². The van der Waals surface area contributed by atoms with E-state index in [4.69, 9.17) is 25.4 Å². The predicted octanol–water partition coefficient (Wildman–Crippen LogP) is 4.35. The van der Waals surface area contributed by atoms with Crippen LogP contribution in [0.5, 0.6) is 17.2 Å². The summed E-state index contributed by atoms with van der Waals surface area (Å²) in [5, 5.41) is 0. The van der Waals surface area contributed by atoms with Crippen molar-refractivity contribution in [2.45, 2.75) is 19.9 Å². The number of benzene rings is 2. The topological polar surface area (TPSA) is 88.3 Å². The minimum absolute atomic E-state index is 0.0602. The summed E-state index contributed by atoms with van der Waals surface area (Å²) in [5.74, 6) is 3.44. The van der Waals surface area contributed by atoms with Crippen LogP contribution in [0.2, 0.25) is 0 Å². The molecule has 0 saturated heterocycles. The van der Waals surface area contributed by atoms with Crippen LogP contribution in [0.4, 0.5) is 0 Å². The van der Waals surface area contributed by atoms with Crippen LogP contribution in [0.15, 0.2) is 60.8 Å². The third-order valence-corrected chi connectivity index (χ3v) is 7.68. The lowest BCUT2D eigenvalue weighted by atomic mass is 9.97. The van der Waals surface area contributed by atoms with Crippen molar-refractivity contribution >= 4 is 55.2 Å². The second-order valence-corrected chi connectivity index (χ2v) is 10.8. The minimum Gasteiger partial charge on any atom is -0.490 e. The molecule has 0 fully saturated rings. The Balaban J connectivity index is 1.93. The van der Waals surface area contributed by atoms with Crippen molar-refractivity contribution in [1.82, 2.24) is 4.57 Å².